The van der Waals surface area contributed by atoms with Crippen molar-refractivity contribution in [3.8, 4) is 18.1 Å². The van der Waals surface area contributed by atoms with E-state index in [0.717, 1.165) is 29.4 Å². The Kier molecular flexibility index (Phi) is 4.15. The van der Waals surface area contributed by atoms with Gasteiger partial charge in [0.2, 0.25) is 0 Å². The van der Waals surface area contributed by atoms with Crippen LogP contribution < -0.4 is 4.74 Å². The zero-order valence-corrected chi connectivity index (χ0v) is 12.6. The van der Waals surface area contributed by atoms with Gasteiger partial charge in [0.1, 0.15) is 0 Å². The van der Waals surface area contributed by atoms with Gasteiger partial charge in [0, 0.05) is 6.20 Å². The third-order valence-corrected chi connectivity index (χ3v) is 4.38. The SMILES string of the molecule is C#CCc1c(C)nc2c(OCC3CCCCC3)cccn12. The van der Waals surface area contributed by atoms with Crippen LogP contribution in [0, 0.1) is 25.2 Å². The highest BCUT2D eigenvalue weighted by Gasteiger charge is 2.16. The fraction of sp³-hybridized carbons (Fsp3) is 0.500. The smallest absolute Gasteiger partial charge is 0.180 e. The number of hydrogen-bond donors (Lipinski definition) is 0. The minimum atomic E-state index is 0.596. The molecular weight excluding hydrogens is 260 g/mol. The lowest BCUT2D eigenvalue weighted by Gasteiger charge is -2.21. The Balaban J connectivity index is 1.82. The summed E-state index contributed by atoms with van der Waals surface area (Å²) in [5.74, 6) is 4.27. The predicted molar refractivity (Wildman–Crippen MR) is 84.5 cm³/mol. The molecule has 2 heterocycles. The van der Waals surface area contributed by atoms with Crippen LogP contribution in [0.3, 0.4) is 0 Å². The third-order valence-electron chi connectivity index (χ3n) is 4.38. The van der Waals surface area contributed by atoms with Crippen LogP contribution in [-0.4, -0.2) is 16.0 Å². The van der Waals surface area contributed by atoms with E-state index in [1.807, 2.05) is 25.3 Å². The molecule has 1 aliphatic rings. The van der Waals surface area contributed by atoms with Gasteiger partial charge >= 0.3 is 0 Å². The number of rotatable bonds is 4. The van der Waals surface area contributed by atoms with Crippen LogP contribution in [0.2, 0.25) is 0 Å². The van der Waals surface area contributed by atoms with E-state index in [-0.39, 0.29) is 0 Å². The summed E-state index contributed by atoms with van der Waals surface area (Å²) >= 11 is 0. The molecule has 0 spiro atoms. The molecule has 1 fully saturated rings. The van der Waals surface area contributed by atoms with Crippen molar-refractivity contribution in [3.05, 3.63) is 29.7 Å². The summed E-state index contributed by atoms with van der Waals surface area (Å²) in [7, 11) is 0. The van der Waals surface area contributed by atoms with Gasteiger partial charge in [-0.25, -0.2) is 4.98 Å². The molecule has 0 amide bonds. The Hall–Kier alpha value is -1.95. The second-order valence-electron chi connectivity index (χ2n) is 5.91. The van der Waals surface area contributed by atoms with Gasteiger partial charge in [-0.2, -0.15) is 0 Å². The molecule has 3 nitrogen and oxygen atoms in total. The molecule has 0 saturated heterocycles. The van der Waals surface area contributed by atoms with Crippen molar-refractivity contribution in [1.29, 1.82) is 0 Å². The zero-order chi connectivity index (χ0) is 14.7. The second kappa shape index (κ2) is 6.22. The van der Waals surface area contributed by atoms with E-state index in [1.54, 1.807) is 0 Å². The van der Waals surface area contributed by atoms with Gasteiger partial charge in [0.05, 0.1) is 24.4 Å². The predicted octanol–water partition coefficient (Wildman–Crippen LogP) is 3.78. The topological polar surface area (TPSA) is 26.5 Å². The summed E-state index contributed by atoms with van der Waals surface area (Å²) in [6.45, 7) is 2.81. The molecule has 0 N–H and O–H groups in total. The van der Waals surface area contributed by atoms with Gasteiger partial charge in [0.25, 0.3) is 0 Å². The van der Waals surface area contributed by atoms with Crippen molar-refractivity contribution >= 4 is 5.65 Å². The molecule has 0 radical (unpaired) electrons. The Morgan fingerprint density at radius 2 is 2.19 bits per heavy atom. The van der Waals surface area contributed by atoms with Crippen LogP contribution in [0.15, 0.2) is 18.3 Å². The summed E-state index contributed by atoms with van der Waals surface area (Å²) in [6, 6.07) is 4.01. The minimum Gasteiger partial charge on any atom is -0.489 e. The number of imidazole rings is 1. The van der Waals surface area contributed by atoms with Crippen molar-refractivity contribution in [3.63, 3.8) is 0 Å². The summed E-state index contributed by atoms with van der Waals surface area (Å²) in [4.78, 5) is 4.64. The summed E-state index contributed by atoms with van der Waals surface area (Å²) in [5.41, 5.74) is 2.95. The molecule has 2 aromatic rings. The molecule has 0 bridgehead atoms. The van der Waals surface area contributed by atoms with Gasteiger partial charge in [-0.15, -0.1) is 12.3 Å². The Morgan fingerprint density at radius 3 is 2.95 bits per heavy atom. The van der Waals surface area contributed by atoms with Crippen LogP contribution in [0.1, 0.15) is 43.5 Å². The number of aryl methyl sites for hydroxylation is 1. The van der Waals surface area contributed by atoms with Crippen molar-refractivity contribution < 1.29 is 4.74 Å². The van der Waals surface area contributed by atoms with Gasteiger partial charge < -0.3 is 4.74 Å². The first kappa shape index (κ1) is 14.0. The van der Waals surface area contributed by atoms with Crippen LogP contribution in [0.5, 0.6) is 5.75 Å². The average Bonchev–Trinajstić information content (AvgIpc) is 2.83. The van der Waals surface area contributed by atoms with Crippen LogP contribution >= 0.6 is 0 Å². The molecular formula is C18H22N2O. The molecule has 110 valence electrons. The molecule has 1 aliphatic carbocycles. The van der Waals surface area contributed by atoms with Gasteiger partial charge in [-0.1, -0.05) is 19.3 Å². The first-order valence-electron chi connectivity index (χ1n) is 7.82. The van der Waals surface area contributed by atoms with E-state index in [4.69, 9.17) is 11.2 Å². The van der Waals surface area contributed by atoms with E-state index in [1.165, 1.54) is 32.1 Å². The highest BCUT2D eigenvalue weighted by atomic mass is 16.5. The lowest BCUT2D eigenvalue weighted by molar-refractivity contribution is 0.210. The number of terminal acetylenes is 1. The van der Waals surface area contributed by atoms with Crippen LogP contribution in [0.4, 0.5) is 0 Å². The molecule has 0 unspecified atom stereocenters. The number of hydrogen-bond acceptors (Lipinski definition) is 2. The summed E-state index contributed by atoms with van der Waals surface area (Å²) in [6.07, 6.45) is 14.7. The molecule has 21 heavy (non-hydrogen) atoms. The standard InChI is InChI=1S/C18H22N2O/c1-3-8-16-14(2)19-18-17(11-7-12-20(16)18)21-13-15-9-5-4-6-10-15/h1,7,11-12,15H,4-6,8-10,13H2,2H3. The molecule has 3 heteroatoms. The third kappa shape index (κ3) is 2.90. The van der Waals surface area contributed by atoms with E-state index in [9.17, 15) is 0 Å². The maximum Gasteiger partial charge on any atom is 0.180 e. The van der Waals surface area contributed by atoms with Crippen molar-refractivity contribution in [1.82, 2.24) is 9.38 Å². The fourth-order valence-corrected chi connectivity index (χ4v) is 3.19. The first-order chi connectivity index (χ1) is 10.3. The van der Waals surface area contributed by atoms with E-state index < -0.39 is 0 Å². The molecule has 2 aromatic heterocycles. The van der Waals surface area contributed by atoms with Crippen molar-refractivity contribution in [2.24, 2.45) is 5.92 Å². The maximum atomic E-state index is 6.07. The van der Waals surface area contributed by atoms with Crippen molar-refractivity contribution in [2.75, 3.05) is 6.61 Å². The number of pyridine rings is 1. The van der Waals surface area contributed by atoms with Crippen molar-refractivity contribution in [2.45, 2.75) is 45.4 Å². The number of fused-ring (bicyclic) bond motifs is 1. The lowest BCUT2D eigenvalue weighted by atomic mass is 9.90. The van der Waals surface area contributed by atoms with E-state index >= 15 is 0 Å². The Morgan fingerprint density at radius 1 is 1.38 bits per heavy atom. The molecule has 1 saturated carbocycles. The fourth-order valence-electron chi connectivity index (χ4n) is 3.19. The quantitative estimate of drug-likeness (QED) is 0.798. The van der Waals surface area contributed by atoms with Gasteiger partial charge in [-0.3, -0.25) is 4.40 Å². The molecule has 0 aromatic carbocycles. The van der Waals surface area contributed by atoms with E-state index in [2.05, 4.69) is 15.3 Å². The van der Waals surface area contributed by atoms with E-state index in [0.29, 0.717) is 12.3 Å². The van der Waals surface area contributed by atoms with Gasteiger partial charge in [-0.05, 0) is 37.8 Å². The minimum absolute atomic E-state index is 0.596. The molecule has 3 rings (SSSR count). The first-order valence-corrected chi connectivity index (χ1v) is 7.82. The average molecular weight is 282 g/mol. The highest BCUT2D eigenvalue weighted by Crippen LogP contribution is 2.27. The molecule has 0 aliphatic heterocycles. The Labute approximate surface area is 126 Å². The normalized spacial score (nSPS) is 16.0. The summed E-state index contributed by atoms with van der Waals surface area (Å²) in [5, 5.41) is 0. The number of nitrogens with zero attached hydrogens (tertiary/aromatic N) is 2. The van der Waals surface area contributed by atoms with Crippen LogP contribution in [0.25, 0.3) is 5.65 Å². The monoisotopic (exact) mass is 282 g/mol. The highest BCUT2D eigenvalue weighted by molar-refractivity contribution is 5.56. The Bertz CT molecular complexity index is 660. The van der Waals surface area contributed by atoms with Crippen LogP contribution in [-0.2, 0) is 6.42 Å². The summed E-state index contributed by atoms with van der Waals surface area (Å²) < 4.78 is 8.13. The maximum absolute atomic E-state index is 6.07. The second-order valence-corrected chi connectivity index (χ2v) is 5.91. The number of ether oxygens (including phenoxy) is 1. The lowest BCUT2D eigenvalue weighted by Crippen LogP contribution is -2.15. The molecule has 0 atom stereocenters. The van der Waals surface area contributed by atoms with Gasteiger partial charge in [0.15, 0.2) is 11.4 Å². The number of aromatic nitrogens is 2. The zero-order valence-electron chi connectivity index (χ0n) is 12.6. The largest absolute Gasteiger partial charge is 0.489 e.